The van der Waals surface area contributed by atoms with E-state index >= 15 is 0 Å². The molecule has 0 unspecified atom stereocenters. The lowest BCUT2D eigenvalue weighted by molar-refractivity contribution is -0.384. The summed E-state index contributed by atoms with van der Waals surface area (Å²) in [5.74, 6) is -0.547. The first kappa shape index (κ1) is 19.8. The van der Waals surface area contributed by atoms with Gasteiger partial charge in [0.05, 0.1) is 4.92 Å². The minimum atomic E-state index is -0.508. The van der Waals surface area contributed by atoms with Crippen molar-refractivity contribution >= 4 is 34.6 Å². The van der Waals surface area contributed by atoms with Gasteiger partial charge in [-0.05, 0) is 36.4 Å². The molecule has 0 heterocycles. The summed E-state index contributed by atoms with van der Waals surface area (Å²) in [4.78, 5) is 36.9. The van der Waals surface area contributed by atoms with E-state index in [2.05, 4.69) is 5.32 Å². The number of carbonyl (C=O) groups is 2. The van der Waals surface area contributed by atoms with E-state index in [-0.39, 0.29) is 30.3 Å². The third-order valence-electron chi connectivity index (χ3n) is 4.21. The molecule has 0 aliphatic heterocycles. The molecule has 7 heteroatoms. The summed E-state index contributed by atoms with van der Waals surface area (Å²) in [6.07, 6.45) is 0.00852. The fourth-order valence-electron chi connectivity index (χ4n) is 2.81. The van der Waals surface area contributed by atoms with Crippen LogP contribution in [-0.2, 0) is 9.59 Å². The van der Waals surface area contributed by atoms with E-state index in [1.165, 1.54) is 24.3 Å². The van der Waals surface area contributed by atoms with Gasteiger partial charge in [0.25, 0.3) is 5.69 Å². The summed E-state index contributed by atoms with van der Waals surface area (Å²) in [6.45, 7) is 0. The summed E-state index contributed by atoms with van der Waals surface area (Å²) in [7, 11) is 0. The summed E-state index contributed by atoms with van der Waals surface area (Å²) in [5.41, 5.74) is 1.83. The number of hydrogen-bond acceptors (Lipinski definition) is 4. The van der Waals surface area contributed by atoms with Crippen LogP contribution in [0.15, 0.2) is 84.9 Å². The van der Waals surface area contributed by atoms with Crippen molar-refractivity contribution in [3.63, 3.8) is 0 Å². The SMILES string of the molecule is O=C(CCC(=O)N(c1ccccc1)c1ccccc1)Nc1ccc([N+](=O)[O-])cc1. The molecule has 3 rings (SSSR count). The zero-order chi connectivity index (χ0) is 20.6. The summed E-state index contributed by atoms with van der Waals surface area (Å²) < 4.78 is 0. The number of benzene rings is 3. The smallest absolute Gasteiger partial charge is 0.269 e. The van der Waals surface area contributed by atoms with E-state index in [1.54, 1.807) is 4.90 Å². The van der Waals surface area contributed by atoms with E-state index in [1.807, 2.05) is 60.7 Å². The molecular weight excluding hydrogens is 370 g/mol. The lowest BCUT2D eigenvalue weighted by Crippen LogP contribution is -2.27. The molecule has 0 aliphatic rings. The standard InChI is InChI=1S/C22H19N3O4/c26-21(23-17-11-13-20(14-12-17)25(28)29)15-16-22(27)24(18-7-3-1-4-8-18)19-9-5-2-6-10-19/h1-14H,15-16H2,(H,23,26). The first-order chi connectivity index (χ1) is 14.0. The quantitative estimate of drug-likeness (QED) is 0.469. The highest BCUT2D eigenvalue weighted by Crippen LogP contribution is 2.26. The number of hydrogen-bond donors (Lipinski definition) is 1. The molecule has 0 fully saturated rings. The zero-order valence-corrected chi connectivity index (χ0v) is 15.5. The molecule has 2 amide bonds. The number of non-ortho nitro benzene ring substituents is 1. The predicted molar refractivity (Wildman–Crippen MR) is 111 cm³/mol. The van der Waals surface area contributed by atoms with E-state index in [0.29, 0.717) is 5.69 Å². The van der Waals surface area contributed by atoms with Crippen molar-refractivity contribution in [2.45, 2.75) is 12.8 Å². The van der Waals surface area contributed by atoms with Gasteiger partial charge < -0.3 is 5.32 Å². The minimum Gasteiger partial charge on any atom is -0.326 e. The second-order valence-electron chi connectivity index (χ2n) is 6.25. The average molecular weight is 389 g/mol. The Balaban J connectivity index is 1.65. The number of nitro benzene ring substituents is 1. The van der Waals surface area contributed by atoms with Crippen LogP contribution < -0.4 is 10.2 Å². The summed E-state index contributed by atoms with van der Waals surface area (Å²) in [5, 5.41) is 13.3. The Morgan fingerprint density at radius 3 is 1.79 bits per heavy atom. The Morgan fingerprint density at radius 2 is 1.31 bits per heavy atom. The summed E-state index contributed by atoms with van der Waals surface area (Å²) in [6, 6.07) is 24.0. The zero-order valence-electron chi connectivity index (χ0n) is 15.5. The van der Waals surface area contributed by atoms with E-state index in [4.69, 9.17) is 0 Å². The van der Waals surface area contributed by atoms with Crippen molar-refractivity contribution in [3.05, 3.63) is 95.0 Å². The van der Waals surface area contributed by atoms with E-state index in [0.717, 1.165) is 11.4 Å². The van der Waals surface area contributed by atoms with Gasteiger partial charge in [-0.2, -0.15) is 0 Å². The van der Waals surface area contributed by atoms with E-state index < -0.39 is 4.92 Å². The second-order valence-corrected chi connectivity index (χ2v) is 6.25. The van der Waals surface area contributed by atoms with Crippen LogP contribution in [0.5, 0.6) is 0 Å². The monoisotopic (exact) mass is 389 g/mol. The van der Waals surface area contributed by atoms with Crippen LogP contribution in [0.4, 0.5) is 22.7 Å². The van der Waals surface area contributed by atoms with Crippen molar-refractivity contribution in [3.8, 4) is 0 Å². The predicted octanol–water partition coefficient (Wildman–Crippen LogP) is 4.68. The number of para-hydroxylation sites is 2. The fraction of sp³-hybridized carbons (Fsp3) is 0.0909. The highest BCUT2D eigenvalue weighted by Gasteiger charge is 2.18. The van der Waals surface area contributed by atoms with Gasteiger partial charge in [0, 0.05) is 42.0 Å². The number of anilines is 3. The lowest BCUT2D eigenvalue weighted by atomic mass is 10.2. The Hall–Kier alpha value is -4.00. The molecule has 0 aromatic heterocycles. The van der Waals surface area contributed by atoms with Crippen molar-refractivity contribution in [2.24, 2.45) is 0 Å². The highest BCUT2D eigenvalue weighted by atomic mass is 16.6. The average Bonchev–Trinajstić information content (AvgIpc) is 2.74. The molecule has 29 heavy (non-hydrogen) atoms. The second kappa shape index (κ2) is 9.27. The fourth-order valence-corrected chi connectivity index (χ4v) is 2.81. The van der Waals surface area contributed by atoms with Gasteiger partial charge in [0.1, 0.15) is 0 Å². The van der Waals surface area contributed by atoms with Crippen molar-refractivity contribution in [2.75, 3.05) is 10.2 Å². The van der Waals surface area contributed by atoms with Gasteiger partial charge in [0.15, 0.2) is 0 Å². The first-order valence-corrected chi connectivity index (χ1v) is 9.02. The highest BCUT2D eigenvalue weighted by molar-refractivity contribution is 6.02. The van der Waals surface area contributed by atoms with Crippen LogP contribution in [0.3, 0.4) is 0 Å². The molecule has 0 radical (unpaired) electrons. The molecule has 1 N–H and O–H groups in total. The molecule has 0 bridgehead atoms. The van der Waals surface area contributed by atoms with Gasteiger partial charge in [-0.15, -0.1) is 0 Å². The Labute approximate surface area is 167 Å². The van der Waals surface area contributed by atoms with Crippen LogP contribution in [0, 0.1) is 10.1 Å². The Kier molecular flexibility index (Phi) is 6.32. The van der Waals surface area contributed by atoms with Gasteiger partial charge in [0.2, 0.25) is 11.8 Å². The van der Waals surface area contributed by atoms with E-state index in [9.17, 15) is 19.7 Å². The van der Waals surface area contributed by atoms with Crippen molar-refractivity contribution < 1.29 is 14.5 Å². The molecular formula is C22H19N3O4. The third-order valence-corrected chi connectivity index (χ3v) is 4.21. The minimum absolute atomic E-state index is 0.00795. The Bertz CT molecular complexity index is 950. The molecule has 0 saturated carbocycles. The van der Waals surface area contributed by atoms with Crippen LogP contribution >= 0.6 is 0 Å². The molecule has 0 saturated heterocycles. The maximum absolute atomic E-state index is 12.9. The lowest BCUT2D eigenvalue weighted by Gasteiger charge is -2.23. The summed E-state index contributed by atoms with van der Waals surface area (Å²) >= 11 is 0. The third kappa shape index (κ3) is 5.26. The van der Waals surface area contributed by atoms with Gasteiger partial charge in [-0.25, -0.2) is 0 Å². The van der Waals surface area contributed by atoms with Crippen LogP contribution in [0.1, 0.15) is 12.8 Å². The molecule has 3 aromatic rings. The number of nitrogens with one attached hydrogen (secondary N) is 1. The van der Waals surface area contributed by atoms with Crippen molar-refractivity contribution in [1.82, 2.24) is 0 Å². The first-order valence-electron chi connectivity index (χ1n) is 9.02. The number of nitrogens with zero attached hydrogens (tertiary/aromatic N) is 2. The number of amides is 2. The molecule has 7 nitrogen and oxygen atoms in total. The van der Waals surface area contributed by atoms with Crippen molar-refractivity contribution in [1.29, 1.82) is 0 Å². The normalized spacial score (nSPS) is 10.2. The maximum Gasteiger partial charge on any atom is 0.269 e. The topological polar surface area (TPSA) is 92.6 Å². The number of nitro groups is 1. The maximum atomic E-state index is 12.9. The van der Waals surface area contributed by atoms with Gasteiger partial charge in [-0.3, -0.25) is 24.6 Å². The van der Waals surface area contributed by atoms with Crippen LogP contribution in [0.25, 0.3) is 0 Å². The molecule has 146 valence electrons. The van der Waals surface area contributed by atoms with Crippen LogP contribution in [-0.4, -0.2) is 16.7 Å². The number of rotatable bonds is 7. The molecule has 3 aromatic carbocycles. The van der Waals surface area contributed by atoms with Gasteiger partial charge >= 0.3 is 0 Å². The van der Waals surface area contributed by atoms with Crippen LogP contribution in [0.2, 0.25) is 0 Å². The Morgan fingerprint density at radius 1 is 0.793 bits per heavy atom. The molecule has 0 atom stereocenters. The molecule has 0 spiro atoms. The van der Waals surface area contributed by atoms with Gasteiger partial charge in [-0.1, -0.05) is 36.4 Å². The molecule has 0 aliphatic carbocycles. The number of carbonyl (C=O) groups excluding carboxylic acids is 2. The largest absolute Gasteiger partial charge is 0.326 e.